The van der Waals surface area contributed by atoms with Crippen molar-refractivity contribution in [3.8, 4) is 0 Å². The zero-order chi connectivity index (χ0) is 13.5. The molecule has 0 bridgehead atoms. The Morgan fingerprint density at radius 2 is 2.05 bits per heavy atom. The Kier molecular flexibility index (Phi) is 3.09. The first-order chi connectivity index (χ1) is 9.03. The van der Waals surface area contributed by atoms with Gasteiger partial charge < -0.3 is 5.32 Å². The molecule has 1 atom stereocenters. The molecule has 1 aromatic carbocycles. The first kappa shape index (κ1) is 12.7. The van der Waals surface area contributed by atoms with Crippen LogP contribution in [0.5, 0.6) is 0 Å². The second-order valence-corrected chi connectivity index (χ2v) is 6.44. The zero-order valence-corrected chi connectivity index (χ0v) is 12.0. The number of hydrogen-bond donors (Lipinski definition) is 1. The molecule has 1 heterocycles. The molecule has 1 aliphatic rings. The van der Waals surface area contributed by atoms with Crippen molar-refractivity contribution in [2.45, 2.75) is 39.2 Å². The molecule has 0 saturated heterocycles. The molecular formula is C15H18ClN3. The standard InChI is InChI=1S/C15H18ClN3/c1-15(2)8-7-10(9-15)17-13-11-5-3-4-6-12(11)18-14(16)19-13/h3-6,10H,7-9H2,1-2H3,(H,17,18,19). The quantitative estimate of drug-likeness (QED) is 0.832. The summed E-state index contributed by atoms with van der Waals surface area (Å²) in [5, 5.41) is 4.89. The highest BCUT2D eigenvalue weighted by molar-refractivity contribution is 6.28. The third-order valence-electron chi connectivity index (χ3n) is 3.89. The summed E-state index contributed by atoms with van der Waals surface area (Å²) in [4.78, 5) is 8.61. The van der Waals surface area contributed by atoms with E-state index in [0.717, 1.165) is 16.7 Å². The Morgan fingerprint density at radius 1 is 1.26 bits per heavy atom. The molecule has 4 heteroatoms. The van der Waals surface area contributed by atoms with Crippen LogP contribution in [0.15, 0.2) is 24.3 Å². The molecule has 0 radical (unpaired) electrons. The number of rotatable bonds is 2. The third kappa shape index (κ3) is 2.66. The minimum absolute atomic E-state index is 0.304. The van der Waals surface area contributed by atoms with Crippen LogP contribution in [0.2, 0.25) is 5.28 Å². The highest BCUT2D eigenvalue weighted by Crippen LogP contribution is 2.38. The van der Waals surface area contributed by atoms with E-state index in [1.807, 2.05) is 24.3 Å². The van der Waals surface area contributed by atoms with Crippen LogP contribution in [0, 0.1) is 5.41 Å². The molecule has 1 aliphatic carbocycles. The topological polar surface area (TPSA) is 37.8 Å². The lowest BCUT2D eigenvalue weighted by atomic mass is 9.92. The molecule has 1 fully saturated rings. The van der Waals surface area contributed by atoms with Gasteiger partial charge >= 0.3 is 0 Å². The van der Waals surface area contributed by atoms with Gasteiger partial charge in [-0.1, -0.05) is 26.0 Å². The number of benzene rings is 1. The van der Waals surface area contributed by atoms with Crippen molar-refractivity contribution < 1.29 is 0 Å². The van der Waals surface area contributed by atoms with Gasteiger partial charge in [0.25, 0.3) is 0 Å². The second-order valence-electron chi connectivity index (χ2n) is 6.11. The van der Waals surface area contributed by atoms with Gasteiger partial charge in [0, 0.05) is 11.4 Å². The summed E-state index contributed by atoms with van der Waals surface area (Å²) in [5.74, 6) is 0.860. The van der Waals surface area contributed by atoms with E-state index in [0.29, 0.717) is 16.7 Å². The van der Waals surface area contributed by atoms with Crippen LogP contribution in [0.1, 0.15) is 33.1 Å². The van der Waals surface area contributed by atoms with Crippen molar-refractivity contribution >= 4 is 28.3 Å². The van der Waals surface area contributed by atoms with Crippen LogP contribution >= 0.6 is 11.6 Å². The fraction of sp³-hybridized carbons (Fsp3) is 0.467. The molecule has 0 aliphatic heterocycles. The first-order valence-electron chi connectivity index (χ1n) is 6.72. The molecule has 1 N–H and O–H groups in total. The summed E-state index contributed by atoms with van der Waals surface area (Å²) in [6.07, 6.45) is 3.60. The minimum atomic E-state index is 0.304. The Bertz CT molecular complexity index is 609. The lowest BCUT2D eigenvalue weighted by Crippen LogP contribution is -2.18. The Labute approximate surface area is 118 Å². The van der Waals surface area contributed by atoms with Crippen molar-refractivity contribution in [1.29, 1.82) is 0 Å². The monoisotopic (exact) mass is 275 g/mol. The van der Waals surface area contributed by atoms with Crippen LogP contribution < -0.4 is 5.32 Å². The predicted octanol–water partition coefficient (Wildman–Crippen LogP) is 4.27. The lowest BCUT2D eigenvalue weighted by molar-refractivity contribution is 0.378. The molecule has 3 nitrogen and oxygen atoms in total. The normalized spacial score (nSPS) is 21.7. The maximum atomic E-state index is 6.00. The molecular weight excluding hydrogens is 258 g/mol. The zero-order valence-electron chi connectivity index (χ0n) is 11.3. The Balaban J connectivity index is 1.92. The SMILES string of the molecule is CC1(C)CCC(Nc2nc(Cl)nc3ccccc23)C1. The van der Waals surface area contributed by atoms with Crippen LogP contribution in [0.3, 0.4) is 0 Å². The number of fused-ring (bicyclic) bond motifs is 1. The van der Waals surface area contributed by atoms with E-state index in [-0.39, 0.29) is 0 Å². The number of nitrogens with zero attached hydrogens (tertiary/aromatic N) is 2. The van der Waals surface area contributed by atoms with E-state index in [4.69, 9.17) is 11.6 Å². The van der Waals surface area contributed by atoms with Crippen LogP contribution in [0.4, 0.5) is 5.82 Å². The lowest BCUT2D eigenvalue weighted by Gasteiger charge is -2.18. The average Bonchev–Trinajstić information content (AvgIpc) is 2.68. The fourth-order valence-corrected chi connectivity index (χ4v) is 3.09. The van der Waals surface area contributed by atoms with E-state index >= 15 is 0 Å². The van der Waals surface area contributed by atoms with Gasteiger partial charge in [-0.15, -0.1) is 0 Å². The summed E-state index contributed by atoms with van der Waals surface area (Å²) in [6, 6.07) is 8.45. The van der Waals surface area contributed by atoms with Gasteiger partial charge in [-0.05, 0) is 48.4 Å². The van der Waals surface area contributed by atoms with Crippen molar-refractivity contribution in [1.82, 2.24) is 9.97 Å². The molecule has 1 saturated carbocycles. The molecule has 2 aromatic rings. The van der Waals surface area contributed by atoms with Gasteiger partial charge in [0.15, 0.2) is 0 Å². The van der Waals surface area contributed by atoms with E-state index in [2.05, 4.69) is 29.1 Å². The minimum Gasteiger partial charge on any atom is -0.367 e. The number of aromatic nitrogens is 2. The molecule has 0 amide bonds. The molecule has 1 unspecified atom stereocenters. The number of para-hydroxylation sites is 1. The first-order valence-corrected chi connectivity index (χ1v) is 7.10. The summed E-state index contributed by atoms with van der Waals surface area (Å²) in [5.41, 5.74) is 1.31. The maximum absolute atomic E-state index is 6.00. The molecule has 19 heavy (non-hydrogen) atoms. The van der Waals surface area contributed by atoms with Crippen LogP contribution in [-0.2, 0) is 0 Å². The van der Waals surface area contributed by atoms with Gasteiger partial charge in [0.2, 0.25) is 5.28 Å². The Hall–Kier alpha value is -1.35. The summed E-state index contributed by atoms with van der Waals surface area (Å²) >= 11 is 6.00. The molecule has 0 spiro atoms. The highest BCUT2D eigenvalue weighted by atomic mass is 35.5. The van der Waals surface area contributed by atoms with E-state index < -0.39 is 0 Å². The van der Waals surface area contributed by atoms with Crippen LogP contribution in [0.25, 0.3) is 10.9 Å². The summed E-state index contributed by atoms with van der Waals surface area (Å²) < 4.78 is 0. The number of halogens is 1. The smallest absolute Gasteiger partial charge is 0.224 e. The molecule has 100 valence electrons. The van der Waals surface area contributed by atoms with Gasteiger partial charge in [0.05, 0.1) is 5.52 Å². The van der Waals surface area contributed by atoms with E-state index in [1.54, 1.807) is 0 Å². The van der Waals surface area contributed by atoms with Crippen molar-refractivity contribution in [2.75, 3.05) is 5.32 Å². The fourth-order valence-electron chi connectivity index (χ4n) is 2.91. The molecule has 3 rings (SSSR count). The van der Waals surface area contributed by atoms with Gasteiger partial charge in [0.1, 0.15) is 5.82 Å². The van der Waals surface area contributed by atoms with Crippen molar-refractivity contribution in [3.05, 3.63) is 29.5 Å². The summed E-state index contributed by atoms with van der Waals surface area (Å²) in [7, 11) is 0. The Morgan fingerprint density at radius 3 is 2.79 bits per heavy atom. The largest absolute Gasteiger partial charge is 0.367 e. The molecule has 1 aromatic heterocycles. The van der Waals surface area contributed by atoms with Crippen molar-refractivity contribution in [2.24, 2.45) is 5.41 Å². The predicted molar refractivity (Wildman–Crippen MR) is 79.6 cm³/mol. The number of anilines is 1. The summed E-state index contributed by atoms with van der Waals surface area (Å²) in [6.45, 7) is 4.64. The highest BCUT2D eigenvalue weighted by Gasteiger charge is 2.31. The van der Waals surface area contributed by atoms with Gasteiger partial charge in [-0.3, -0.25) is 0 Å². The number of hydrogen-bond acceptors (Lipinski definition) is 3. The second kappa shape index (κ2) is 4.64. The van der Waals surface area contributed by atoms with Crippen molar-refractivity contribution in [3.63, 3.8) is 0 Å². The number of nitrogens with one attached hydrogen (secondary N) is 1. The van der Waals surface area contributed by atoms with Gasteiger partial charge in [-0.25, -0.2) is 9.97 Å². The van der Waals surface area contributed by atoms with E-state index in [1.165, 1.54) is 19.3 Å². The average molecular weight is 276 g/mol. The third-order valence-corrected chi connectivity index (χ3v) is 4.05. The van der Waals surface area contributed by atoms with Gasteiger partial charge in [-0.2, -0.15) is 0 Å². The van der Waals surface area contributed by atoms with Crippen LogP contribution in [-0.4, -0.2) is 16.0 Å². The van der Waals surface area contributed by atoms with E-state index in [9.17, 15) is 0 Å². The maximum Gasteiger partial charge on any atom is 0.224 e.